The summed E-state index contributed by atoms with van der Waals surface area (Å²) in [5.74, 6) is -2.64. The van der Waals surface area contributed by atoms with Crippen LogP contribution in [0.4, 0.5) is 0 Å². The maximum atomic E-state index is 14.0. The maximum absolute atomic E-state index is 14.0. The highest BCUT2D eigenvalue weighted by atomic mass is 16.4. The first-order valence-corrected chi connectivity index (χ1v) is 14.6. The molecular weight excluding hydrogens is 552 g/mol. The molecule has 12 heteroatoms. The largest absolute Gasteiger partial charge is 0.508 e. The van der Waals surface area contributed by atoms with Crippen LogP contribution in [-0.4, -0.2) is 81.0 Å². The van der Waals surface area contributed by atoms with Crippen molar-refractivity contribution in [3.05, 3.63) is 65.9 Å². The quantitative estimate of drug-likeness (QED) is 0.135. The molecule has 1 fully saturated rings. The van der Waals surface area contributed by atoms with Crippen molar-refractivity contribution in [3.63, 3.8) is 0 Å². The van der Waals surface area contributed by atoms with Crippen molar-refractivity contribution >= 4 is 34.6 Å². The number of carbonyl (C=O) groups is 4. The molecule has 9 N–H and O–H groups in total. The SMILES string of the molecule is NCCCCC(N)C(=O)NC(Cc1c[nH]c2ccccc12)C(=O)N1CCCC1C(=O)NC(Cc1ccc(O)cc1)C(=O)O. The van der Waals surface area contributed by atoms with E-state index in [1.54, 1.807) is 18.3 Å². The number of carboxylic acid groups (broad SMARTS) is 1. The Hall–Kier alpha value is -4.42. The number of likely N-dealkylation sites (tertiary alicyclic amines) is 1. The number of para-hydroxylation sites is 1. The Morgan fingerprint density at radius 3 is 2.47 bits per heavy atom. The third-order valence-corrected chi connectivity index (χ3v) is 7.85. The van der Waals surface area contributed by atoms with Gasteiger partial charge in [-0.1, -0.05) is 36.8 Å². The highest BCUT2D eigenvalue weighted by Gasteiger charge is 2.39. The predicted molar refractivity (Wildman–Crippen MR) is 161 cm³/mol. The molecule has 3 aromatic rings. The Kier molecular flexibility index (Phi) is 10.7. The number of aliphatic carboxylic acids is 1. The molecule has 12 nitrogen and oxygen atoms in total. The number of amides is 3. The number of nitrogens with one attached hydrogen (secondary N) is 3. The van der Waals surface area contributed by atoms with Crippen LogP contribution in [0.2, 0.25) is 0 Å². The van der Waals surface area contributed by atoms with Gasteiger partial charge in [-0.05, 0) is 61.6 Å². The molecule has 0 aliphatic carbocycles. The minimum atomic E-state index is -1.23. The van der Waals surface area contributed by atoms with E-state index in [9.17, 15) is 29.4 Å². The van der Waals surface area contributed by atoms with Crippen molar-refractivity contribution < 1.29 is 29.4 Å². The molecular formula is C31H40N6O6. The number of carbonyl (C=O) groups excluding carboxylic acids is 3. The van der Waals surface area contributed by atoms with E-state index in [-0.39, 0.29) is 25.1 Å². The molecule has 0 radical (unpaired) electrons. The molecule has 2 aromatic carbocycles. The number of phenolic OH excluding ortho intramolecular Hbond substituents is 1. The van der Waals surface area contributed by atoms with Crippen molar-refractivity contribution in [1.82, 2.24) is 20.5 Å². The number of hydrogen-bond donors (Lipinski definition) is 7. The first-order chi connectivity index (χ1) is 20.7. The van der Waals surface area contributed by atoms with Crippen molar-refractivity contribution in [2.45, 2.75) is 69.1 Å². The van der Waals surface area contributed by atoms with E-state index in [1.165, 1.54) is 17.0 Å². The summed E-state index contributed by atoms with van der Waals surface area (Å²) in [4.78, 5) is 57.1. The van der Waals surface area contributed by atoms with Crippen LogP contribution in [0.3, 0.4) is 0 Å². The third-order valence-electron chi connectivity index (χ3n) is 7.85. The molecule has 43 heavy (non-hydrogen) atoms. The topological polar surface area (TPSA) is 204 Å². The summed E-state index contributed by atoms with van der Waals surface area (Å²) in [5.41, 5.74) is 14.0. The van der Waals surface area contributed by atoms with Gasteiger partial charge in [0.15, 0.2) is 0 Å². The number of aromatic amines is 1. The summed E-state index contributed by atoms with van der Waals surface area (Å²) in [5, 5.41) is 25.6. The van der Waals surface area contributed by atoms with Crippen molar-refractivity contribution in [2.75, 3.05) is 13.1 Å². The Bertz CT molecular complexity index is 1420. The number of benzene rings is 2. The van der Waals surface area contributed by atoms with Gasteiger partial charge in [-0.15, -0.1) is 0 Å². The molecule has 2 heterocycles. The van der Waals surface area contributed by atoms with Crippen molar-refractivity contribution in [2.24, 2.45) is 11.5 Å². The van der Waals surface area contributed by atoms with Crippen molar-refractivity contribution in [1.29, 1.82) is 0 Å². The van der Waals surface area contributed by atoms with Gasteiger partial charge >= 0.3 is 5.97 Å². The Morgan fingerprint density at radius 1 is 1.00 bits per heavy atom. The van der Waals surface area contributed by atoms with Gasteiger partial charge in [-0.2, -0.15) is 0 Å². The molecule has 1 saturated heterocycles. The number of nitrogens with zero attached hydrogens (tertiary/aromatic N) is 1. The second kappa shape index (κ2) is 14.7. The lowest BCUT2D eigenvalue weighted by Crippen LogP contribution is -2.57. The van der Waals surface area contributed by atoms with Crippen LogP contribution in [0.5, 0.6) is 5.75 Å². The summed E-state index contributed by atoms with van der Waals surface area (Å²) in [7, 11) is 0. The summed E-state index contributed by atoms with van der Waals surface area (Å²) in [6.07, 6.45) is 4.71. The van der Waals surface area contributed by atoms with Gasteiger partial charge < -0.3 is 42.2 Å². The number of hydrogen-bond acceptors (Lipinski definition) is 7. The van der Waals surface area contributed by atoms with Gasteiger partial charge in [0.25, 0.3) is 0 Å². The van der Waals surface area contributed by atoms with Gasteiger partial charge in [-0.3, -0.25) is 14.4 Å². The molecule has 1 aliphatic rings. The minimum absolute atomic E-state index is 0.00328. The second-order valence-corrected chi connectivity index (χ2v) is 11.0. The second-order valence-electron chi connectivity index (χ2n) is 11.0. The number of aromatic nitrogens is 1. The molecule has 1 aromatic heterocycles. The first-order valence-electron chi connectivity index (χ1n) is 14.6. The van der Waals surface area contributed by atoms with Gasteiger partial charge in [0.1, 0.15) is 23.9 Å². The maximum Gasteiger partial charge on any atom is 0.326 e. The molecule has 230 valence electrons. The lowest BCUT2D eigenvalue weighted by molar-refractivity contribution is -0.144. The molecule has 1 aliphatic heterocycles. The number of carboxylic acids is 1. The molecule has 0 bridgehead atoms. The van der Waals surface area contributed by atoms with Crippen LogP contribution in [-0.2, 0) is 32.0 Å². The Balaban J connectivity index is 1.51. The molecule has 3 amide bonds. The van der Waals surface area contributed by atoms with E-state index in [2.05, 4.69) is 15.6 Å². The summed E-state index contributed by atoms with van der Waals surface area (Å²) in [6, 6.07) is 9.74. The molecule has 0 saturated carbocycles. The van der Waals surface area contributed by atoms with E-state index < -0.39 is 47.9 Å². The zero-order valence-electron chi connectivity index (χ0n) is 24.0. The Labute approximate surface area is 249 Å². The number of phenols is 1. The number of fused-ring (bicyclic) bond motifs is 1. The zero-order valence-corrected chi connectivity index (χ0v) is 24.0. The van der Waals surface area contributed by atoms with E-state index in [4.69, 9.17) is 11.5 Å². The fourth-order valence-electron chi connectivity index (χ4n) is 5.48. The summed E-state index contributed by atoms with van der Waals surface area (Å²) >= 11 is 0. The molecule has 0 spiro atoms. The van der Waals surface area contributed by atoms with Crippen molar-refractivity contribution in [3.8, 4) is 5.75 Å². The first kappa shape index (κ1) is 31.5. The van der Waals surface area contributed by atoms with Crippen LogP contribution in [0.1, 0.15) is 43.2 Å². The van der Waals surface area contributed by atoms with Crippen LogP contribution in [0.25, 0.3) is 10.9 Å². The Morgan fingerprint density at radius 2 is 1.74 bits per heavy atom. The van der Waals surface area contributed by atoms with Crippen LogP contribution >= 0.6 is 0 Å². The predicted octanol–water partition coefficient (Wildman–Crippen LogP) is 1.16. The number of nitrogens with two attached hydrogens (primary N) is 2. The fraction of sp³-hybridized carbons (Fsp3) is 0.419. The highest BCUT2D eigenvalue weighted by molar-refractivity contribution is 5.95. The third kappa shape index (κ3) is 8.11. The molecule has 4 unspecified atom stereocenters. The number of rotatable bonds is 14. The fourth-order valence-corrected chi connectivity index (χ4v) is 5.48. The van der Waals surface area contributed by atoms with Crippen LogP contribution in [0.15, 0.2) is 54.7 Å². The molecule has 4 atom stereocenters. The number of aromatic hydroxyl groups is 1. The summed E-state index contributed by atoms with van der Waals surface area (Å²) < 4.78 is 0. The average molecular weight is 593 g/mol. The van der Waals surface area contributed by atoms with Crippen LogP contribution < -0.4 is 22.1 Å². The van der Waals surface area contributed by atoms with E-state index >= 15 is 0 Å². The smallest absolute Gasteiger partial charge is 0.326 e. The highest BCUT2D eigenvalue weighted by Crippen LogP contribution is 2.23. The van der Waals surface area contributed by atoms with Gasteiger partial charge in [0.2, 0.25) is 17.7 Å². The lowest BCUT2D eigenvalue weighted by Gasteiger charge is -2.30. The van der Waals surface area contributed by atoms with Gasteiger partial charge in [-0.25, -0.2) is 4.79 Å². The van der Waals surface area contributed by atoms with Gasteiger partial charge in [0, 0.05) is 36.5 Å². The van der Waals surface area contributed by atoms with Crippen LogP contribution in [0, 0.1) is 0 Å². The van der Waals surface area contributed by atoms with E-state index in [0.29, 0.717) is 37.8 Å². The lowest BCUT2D eigenvalue weighted by atomic mass is 10.0. The van der Waals surface area contributed by atoms with E-state index in [1.807, 2.05) is 24.3 Å². The average Bonchev–Trinajstić information content (AvgIpc) is 3.65. The number of H-pyrrole nitrogens is 1. The number of unbranched alkanes of at least 4 members (excludes halogenated alkanes) is 1. The monoisotopic (exact) mass is 592 g/mol. The molecule has 4 rings (SSSR count). The zero-order chi connectivity index (χ0) is 30.9. The standard InChI is InChI=1S/C31H40N6O6/c32-14-4-3-7-23(33)28(39)35-25(17-20-18-34-24-8-2-1-6-22(20)24)30(41)37-15-5-9-27(37)29(40)36-26(31(42)43)16-19-10-12-21(38)13-11-19/h1-2,6,8,10-13,18,23,25-27,34,38H,3-5,7,9,14-17,32-33H2,(H,35,39)(H,36,40)(H,42,43). The normalized spacial score (nSPS) is 16.9. The minimum Gasteiger partial charge on any atom is -0.508 e. The van der Waals surface area contributed by atoms with Gasteiger partial charge in [0.05, 0.1) is 6.04 Å². The van der Waals surface area contributed by atoms with E-state index in [0.717, 1.165) is 22.9 Å². The summed E-state index contributed by atoms with van der Waals surface area (Å²) in [6.45, 7) is 0.779.